The Balaban J connectivity index is 1.85. The van der Waals surface area contributed by atoms with Gasteiger partial charge in [0.15, 0.2) is 6.61 Å². The number of hydrogen-bond acceptors (Lipinski definition) is 4. The van der Waals surface area contributed by atoms with E-state index in [1.165, 1.54) is 4.90 Å². The van der Waals surface area contributed by atoms with Crippen molar-refractivity contribution in [1.82, 2.24) is 4.90 Å². The maximum atomic E-state index is 12.2. The summed E-state index contributed by atoms with van der Waals surface area (Å²) < 4.78 is 5.39. The number of nitrogens with zero attached hydrogens (tertiary/aromatic N) is 1. The van der Waals surface area contributed by atoms with Gasteiger partial charge in [0.05, 0.1) is 6.04 Å². The minimum absolute atomic E-state index is 0.0271. The number of nitrogens with one attached hydrogen (secondary N) is 1. The van der Waals surface area contributed by atoms with Crippen molar-refractivity contribution in [2.24, 2.45) is 5.73 Å². The molecule has 0 saturated heterocycles. The summed E-state index contributed by atoms with van der Waals surface area (Å²) >= 11 is 0. The van der Waals surface area contributed by atoms with Gasteiger partial charge in [0, 0.05) is 19.8 Å². The van der Waals surface area contributed by atoms with Gasteiger partial charge >= 0.3 is 0 Å². The summed E-state index contributed by atoms with van der Waals surface area (Å²) in [6.07, 6.45) is 0.473. The van der Waals surface area contributed by atoms with Crippen LogP contribution in [0.25, 0.3) is 0 Å². The van der Waals surface area contributed by atoms with E-state index in [0.29, 0.717) is 17.9 Å². The van der Waals surface area contributed by atoms with Crippen molar-refractivity contribution >= 4 is 17.5 Å². The van der Waals surface area contributed by atoms with Gasteiger partial charge in [-0.25, -0.2) is 0 Å². The lowest BCUT2D eigenvalue weighted by Crippen LogP contribution is -2.37. The molecule has 0 aliphatic rings. The highest BCUT2D eigenvalue weighted by Gasteiger charge is 2.14. The molecule has 0 saturated carbocycles. The zero-order chi connectivity index (χ0) is 18.2. The average molecular weight is 341 g/mol. The van der Waals surface area contributed by atoms with Crippen LogP contribution in [0.2, 0.25) is 0 Å². The van der Waals surface area contributed by atoms with Crippen LogP contribution in [0.3, 0.4) is 0 Å². The Morgan fingerprint density at radius 1 is 1.08 bits per heavy atom. The normalized spacial score (nSPS) is 11.5. The zero-order valence-corrected chi connectivity index (χ0v) is 14.4. The molecule has 2 rings (SSSR count). The van der Waals surface area contributed by atoms with Gasteiger partial charge in [0.2, 0.25) is 5.91 Å². The van der Waals surface area contributed by atoms with Gasteiger partial charge in [-0.1, -0.05) is 30.3 Å². The third-order valence-electron chi connectivity index (χ3n) is 3.62. The van der Waals surface area contributed by atoms with E-state index in [0.717, 1.165) is 5.56 Å². The standard InChI is InChI=1S/C19H23N3O3/c1-22(2)18(23)13-25-16-10-8-15(9-11-16)21-19(24)17(20)12-14-6-4-3-5-7-14/h3-11,17H,12-13,20H2,1-2H3,(H,21,24). The van der Waals surface area contributed by atoms with Gasteiger partial charge in [-0.3, -0.25) is 9.59 Å². The predicted molar refractivity (Wildman–Crippen MR) is 97.4 cm³/mol. The van der Waals surface area contributed by atoms with E-state index in [-0.39, 0.29) is 18.4 Å². The molecule has 6 nitrogen and oxygen atoms in total. The Bertz CT molecular complexity index is 700. The molecule has 2 amide bonds. The van der Waals surface area contributed by atoms with Gasteiger partial charge < -0.3 is 20.7 Å². The summed E-state index contributed by atoms with van der Waals surface area (Å²) in [6.45, 7) is -0.0271. The van der Waals surface area contributed by atoms with Gasteiger partial charge in [0.1, 0.15) is 5.75 Å². The second-order valence-electron chi connectivity index (χ2n) is 5.89. The predicted octanol–water partition coefficient (Wildman–Crippen LogP) is 1.66. The van der Waals surface area contributed by atoms with Crippen LogP contribution in [0, 0.1) is 0 Å². The molecule has 0 bridgehead atoms. The van der Waals surface area contributed by atoms with Crippen molar-refractivity contribution in [3.8, 4) is 5.75 Å². The first-order chi connectivity index (χ1) is 12.0. The van der Waals surface area contributed by atoms with E-state index in [4.69, 9.17) is 10.5 Å². The van der Waals surface area contributed by atoms with E-state index < -0.39 is 6.04 Å². The van der Waals surface area contributed by atoms with Gasteiger partial charge in [-0.05, 0) is 36.2 Å². The molecule has 0 aliphatic carbocycles. The quantitative estimate of drug-likeness (QED) is 0.802. The third kappa shape index (κ3) is 5.93. The fourth-order valence-corrected chi connectivity index (χ4v) is 2.10. The number of amides is 2. The molecule has 0 heterocycles. The Labute approximate surface area is 147 Å². The Hall–Kier alpha value is -2.86. The van der Waals surface area contributed by atoms with Crippen molar-refractivity contribution in [2.75, 3.05) is 26.0 Å². The second-order valence-corrected chi connectivity index (χ2v) is 5.89. The number of rotatable bonds is 7. The molecule has 1 unspecified atom stereocenters. The number of hydrogen-bond donors (Lipinski definition) is 2. The number of carbonyl (C=O) groups is 2. The average Bonchev–Trinajstić information content (AvgIpc) is 2.61. The number of ether oxygens (including phenoxy) is 1. The molecule has 3 N–H and O–H groups in total. The summed E-state index contributed by atoms with van der Waals surface area (Å²) in [7, 11) is 3.34. The lowest BCUT2D eigenvalue weighted by molar-refractivity contribution is -0.130. The molecule has 25 heavy (non-hydrogen) atoms. The fourth-order valence-electron chi connectivity index (χ4n) is 2.10. The summed E-state index contributed by atoms with van der Waals surface area (Å²) in [6, 6.07) is 15.8. The molecule has 0 spiro atoms. The minimum Gasteiger partial charge on any atom is -0.484 e. The number of nitrogens with two attached hydrogens (primary N) is 1. The largest absolute Gasteiger partial charge is 0.484 e. The number of likely N-dealkylation sites (N-methyl/N-ethyl adjacent to an activating group) is 1. The van der Waals surface area contributed by atoms with Gasteiger partial charge in [0.25, 0.3) is 5.91 Å². The fraction of sp³-hybridized carbons (Fsp3) is 0.263. The molecule has 2 aromatic carbocycles. The van der Waals surface area contributed by atoms with Crippen LogP contribution in [0.5, 0.6) is 5.75 Å². The van der Waals surface area contributed by atoms with Crippen LogP contribution >= 0.6 is 0 Å². The smallest absolute Gasteiger partial charge is 0.259 e. The molecule has 1 atom stereocenters. The number of anilines is 1. The first kappa shape index (κ1) is 18.5. The topological polar surface area (TPSA) is 84.7 Å². The van der Waals surface area contributed by atoms with Crippen LogP contribution in [-0.2, 0) is 16.0 Å². The highest BCUT2D eigenvalue weighted by atomic mass is 16.5. The van der Waals surface area contributed by atoms with E-state index in [1.807, 2.05) is 30.3 Å². The maximum Gasteiger partial charge on any atom is 0.259 e. The van der Waals surface area contributed by atoms with Crippen molar-refractivity contribution in [3.05, 3.63) is 60.2 Å². The Morgan fingerprint density at radius 3 is 2.32 bits per heavy atom. The Kier molecular flexibility index (Phi) is 6.54. The van der Waals surface area contributed by atoms with Gasteiger partial charge in [-0.15, -0.1) is 0 Å². The molecule has 132 valence electrons. The van der Waals surface area contributed by atoms with Crippen molar-refractivity contribution in [3.63, 3.8) is 0 Å². The van der Waals surface area contributed by atoms with E-state index >= 15 is 0 Å². The molecule has 2 aromatic rings. The maximum absolute atomic E-state index is 12.2. The van der Waals surface area contributed by atoms with Crippen molar-refractivity contribution in [1.29, 1.82) is 0 Å². The highest BCUT2D eigenvalue weighted by molar-refractivity contribution is 5.94. The number of benzene rings is 2. The molecule has 0 fully saturated rings. The first-order valence-corrected chi connectivity index (χ1v) is 7.99. The molecule has 0 radical (unpaired) electrons. The molecule has 6 heteroatoms. The lowest BCUT2D eigenvalue weighted by atomic mass is 10.1. The number of carbonyl (C=O) groups excluding carboxylic acids is 2. The van der Waals surface area contributed by atoms with Crippen LogP contribution in [-0.4, -0.2) is 43.5 Å². The molecular formula is C19H23N3O3. The van der Waals surface area contributed by atoms with Crippen LogP contribution in [0.4, 0.5) is 5.69 Å². The van der Waals surface area contributed by atoms with Crippen LogP contribution in [0.1, 0.15) is 5.56 Å². The first-order valence-electron chi connectivity index (χ1n) is 7.99. The van der Waals surface area contributed by atoms with Crippen LogP contribution in [0.15, 0.2) is 54.6 Å². The third-order valence-corrected chi connectivity index (χ3v) is 3.62. The SMILES string of the molecule is CN(C)C(=O)COc1ccc(NC(=O)C(N)Cc2ccccc2)cc1. The summed E-state index contributed by atoms with van der Waals surface area (Å²) in [5.41, 5.74) is 7.60. The minimum atomic E-state index is -0.629. The van der Waals surface area contributed by atoms with Crippen molar-refractivity contribution in [2.45, 2.75) is 12.5 Å². The van der Waals surface area contributed by atoms with Gasteiger partial charge in [-0.2, -0.15) is 0 Å². The van der Waals surface area contributed by atoms with E-state index in [1.54, 1.807) is 38.4 Å². The van der Waals surface area contributed by atoms with E-state index in [9.17, 15) is 9.59 Å². The summed E-state index contributed by atoms with van der Waals surface area (Å²) in [5.74, 6) is 0.186. The van der Waals surface area contributed by atoms with Crippen LogP contribution < -0.4 is 15.8 Å². The monoisotopic (exact) mass is 341 g/mol. The summed E-state index contributed by atoms with van der Waals surface area (Å²) in [4.78, 5) is 25.1. The van der Waals surface area contributed by atoms with Crippen molar-refractivity contribution < 1.29 is 14.3 Å². The molecule has 0 aromatic heterocycles. The molecule has 0 aliphatic heterocycles. The second kappa shape index (κ2) is 8.84. The zero-order valence-electron chi connectivity index (χ0n) is 14.4. The molecular weight excluding hydrogens is 318 g/mol. The Morgan fingerprint density at radius 2 is 1.72 bits per heavy atom. The van der Waals surface area contributed by atoms with E-state index in [2.05, 4.69) is 5.32 Å². The highest BCUT2D eigenvalue weighted by Crippen LogP contribution is 2.16. The summed E-state index contributed by atoms with van der Waals surface area (Å²) in [5, 5.41) is 2.78. The lowest BCUT2D eigenvalue weighted by Gasteiger charge is -2.13.